The standard InChI is InChI=1S/2C8H12N2/c2*9-5-7-1-2-8(6-10)4-3-7/h2*1-4H,5-6,9-10H2. The molecular formula is C16H24N4. The molecule has 4 nitrogen and oxygen atoms in total. The van der Waals surface area contributed by atoms with Gasteiger partial charge in [0.15, 0.2) is 0 Å². The maximum atomic E-state index is 5.41. The summed E-state index contributed by atoms with van der Waals surface area (Å²) < 4.78 is 0. The smallest absolute Gasteiger partial charge is 0.0178 e. The maximum Gasteiger partial charge on any atom is 0.0178 e. The molecule has 2 aromatic carbocycles. The second-order valence-corrected chi connectivity index (χ2v) is 4.45. The van der Waals surface area contributed by atoms with Crippen LogP contribution in [0.1, 0.15) is 22.3 Å². The van der Waals surface area contributed by atoms with Crippen molar-refractivity contribution < 1.29 is 0 Å². The van der Waals surface area contributed by atoms with Crippen LogP contribution in [0.3, 0.4) is 0 Å². The van der Waals surface area contributed by atoms with E-state index in [1.165, 1.54) is 0 Å². The Morgan fingerprint density at radius 3 is 0.650 bits per heavy atom. The Labute approximate surface area is 120 Å². The molecule has 0 unspecified atom stereocenters. The highest BCUT2D eigenvalue weighted by molar-refractivity contribution is 5.22. The second-order valence-electron chi connectivity index (χ2n) is 4.45. The lowest BCUT2D eigenvalue weighted by molar-refractivity contribution is 1.04. The molecule has 0 heterocycles. The Morgan fingerprint density at radius 2 is 0.550 bits per heavy atom. The van der Waals surface area contributed by atoms with Crippen molar-refractivity contribution >= 4 is 0 Å². The normalized spacial score (nSPS) is 9.80. The van der Waals surface area contributed by atoms with Gasteiger partial charge in [0.25, 0.3) is 0 Å². The maximum absolute atomic E-state index is 5.41. The highest BCUT2D eigenvalue weighted by Gasteiger charge is 1.89. The van der Waals surface area contributed by atoms with Gasteiger partial charge >= 0.3 is 0 Å². The van der Waals surface area contributed by atoms with Crippen molar-refractivity contribution in [2.75, 3.05) is 0 Å². The van der Waals surface area contributed by atoms with Crippen LogP contribution >= 0.6 is 0 Å². The summed E-state index contributed by atoms with van der Waals surface area (Å²) in [5, 5.41) is 0. The van der Waals surface area contributed by atoms with Gasteiger partial charge < -0.3 is 22.9 Å². The molecule has 2 rings (SSSR count). The molecule has 0 radical (unpaired) electrons. The SMILES string of the molecule is NCc1ccc(CN)cc1.NCc1ccc(CN)cc1. The van der Waals surface area contributed by atoms with Crippen molar-refractivity contribution in [3.63, 3.8) is 0 Å². The average molecular weight is 272 g/mol. The lowest BCUT2D eigenvalue weighted by Gasteiger charge is -1.97. The Hall–Kier alpha value is -1.72. The number of hydrogen-bond donors (Lipinski definition) is 4. The highest BCUT2D eigenvalue weighted by Crippen LogP contribution is 2.02. The molecule has 0 atom stereocenters. The fourth-order valence-electron chi connectivity index (χ4n) is 1.62. The van der Waals surface area contributed by atoms with E-state index in [1.54, 1.807) is 0 Å². The molecule has 0 saturated heterocycles. The summed E-state index contributed by atoms with van der Waals surface area (Å²) in [4.78, 5) is 0. The van der Waals surface area contributed by atoms with Crippen LogP contribution in [0.5, 0.6) is 0 Å². The van der Waals surface area contributed by atoms with E-state index in [9.17, 15) is 0 Å². The van der Waals surface area contributed by atoms with Crippen LogP contribution in [0.4, 0.5) is 0 Å². The van der Waals surface area contributed by atoms with Gasteiger partial charge in [-0.25, -0.2) is 0 Å². The lowest BCUT2D eigenvalue weighted by atomic mass is 10.1. The fourth-order valence-corrected chi connectivity index (χ4v) is 1.62. The predicted octanol–water partition coefficient (Wildman–Crippen LogP) is 1.21. The van der Waals surface area contributed by atoms with E-state index >= 15 is 0 Å². The van der Waals surface area contributed by atoms with Crippen LogP contribution in [-0.4, -0.2) is 0 Å². The summed E-state index contributed by atoms with van der Waals surface area (Å²) in [7, 11) is 0. The summed E-state index contributed by atoms with van der Waals surface area (Å²) in [6.45, 7) is 2.41. The van der Waals surface area contributed by atoms with Crippen molar-refractivity contribution in [3.05, 3.63) is 70.8 Å². The molecule has 108 valence electrons. The van der Waals surface area contributed by atoms with E-state index in [-0.39, 0.29) is 0 Å². The zero-order valence-electron chi connectivity index (χ0n) is 11.8. The molecule has 0 aliphatic heterocycles. The molecule has 0 bridgehead atoms. The Morgan fingerprint density at radius 1 is 0.400 bits per heavy atom. The van der Waals surface area contributed by atoms with E-state index in [0.717, 1.165) is 22.3 Å². The minimum absolute atomic E-state index is 0.602. The van der Waals surface area contributed by atoms with Crippen molar-refractivity contribution in [2.45, 2.75) is 26.2 Å². The minimum Gasteiger partial charge on any atom is -0.326 e. The van der Waals surface area contributed by atoms with Crippen LogP contribution in [-0.2, 0) is 26.2 Å². The number of hydrogen-bond acceptors (Lipinski definition) is 4. The zero-order chi connectivity index (χ0) is 14.8. The van der Waals surface area contributed by atoms with Gasteiger partial charge in [-0.1, -0.05) is 48.5 Å². The third kappa shape index (κ3) is 5.50. The van der Waals surface area contributed by atoms with E-state index in [4.69, 9.17) is 22.9 Å². The van der Waals surface area contributed by atoms with E-state index in [0.29, 0.717) is 26.2 Å². The van der Waals surface area contributed by atoms with Crippen LogP contribution in [0.25, 0.3) is 0 Å². The van der Waals surface area contributed by atoms with Crippen LogP contribution in [0.2, 0.25) is 0 Å². The van der Waals surface area contributed by atoms with Crippen molar-refractivity contribution in [3.8, 4) is 0 Å². The molecule has 0 fully saturated rings. The molecule has 0 spiro atoms. The molecule has 8 N–H and O–H groups in total. The first kappa shape index (κ1) is 16.3. The summed E-state index contributed by atoms with van der Waals surface area (Å²) in [5.74, 6) is 0. The van der Waals surface area contributed by atoms with Crippen molar-refractivity contribution in [2.24, 2.45) is 22.9 Å². The predicted molar refractivity (Wildman–Crippen MR) is 84.4 cm³/mol. The molecule has 0 aliphatic carbocycles. The third-order valence-corrected chi connectivity index (χ3v) is 2.99. The van der Waals surface area contributed by atoms with Crippen molar-refractivity contribution in [1.82, 2.24) is 0 Å². The first-order chi connectivity index (χ1) is 9.73. The molecule has 0 aliphatic rings. The molecule has 2 aromatic rings. The topological polar surface area (TPSA) is 104 Å². The van der Waals surface area contributed by atoms with E-state index in [2.05, 4.69) is 0 Å². The Kier molecular flexibility index (Phi) is 7.54. The van der Waals surface area contributed by atoms with Gasteiger partial charge in [0.2, 0.25) is 0 Å². The van der Waals surface area contributed by atoms with Gasteiger partial charge in [0.1, 0.15) is 0 Å². The number of rotatable bonds is 4. The van der Waals surface area contributed by atoms with Crippen LogP contribution in [0.15, 0.2) is 48.5 Å². The summed E-state index contributed by atoms with van der Waals surface area (Å²) in [6, 6.07) is 16.0. The van der Waals surface area contributed by atoms with E-state index in [1.807, 2.05) is 48.5 Å². The molecule has 4 heteroatoms. The van der Waals surface area contributed by atoms with Gasteiger partial charge in [-0.2, -0.15) is 0 Å². The molecule has 0 amide bonds. The monoisotopic (exact) mass is 272 g/mol. The van der Waals surface area contributed by atoms with Gasteiger partial charge in [-0.05, 0) is 22.3 Å². The minimum atomic E-state index is 0.602. The molecular weight excluding hydrogens is 248 g/mol. The van der Waals surface area contributed by atoms with Crippen molar-refractivity contribution in [1.29, 1.82) is 0 Å². The lowest BCUT2D eigenvalue weighted by Crippen LogP contribution is -1.98. The quantitative estimate of drug-likeness (QED) is 0.671. The Balaban J connectivity index is 0.000000200. The summed E-state index contributed by atoms with van der Waals surface area (Å²) in [5.41, 5.74) is 26.2. The molecule has 20 heavy (non-hydrogen) atoms. The zero-order valence-corrected chi connectivity index (χ0v) is 11.8. The summed E-state index contributed by atoms with van der Waals surface area (Å²) >= 11 is 0. The van der Waals surface area contributed by atoms with Crippen LogP contribution in [0, 0.1) is 0 Å². The first-order valence-electron chi connectivity index (χ1n) is 6.69. The van der Waals surface area contributed by atoms with Gasteiger partial charge in [0.05, 0.1) is 0 Å². The second kappa shape index (κ2) is 9.23. The average Bonchev–Trinajstić information content (AvgIpc) is 2.55. The van der Waals surface area contributed by atoms with Gasteiger partial charge in [0, 0.05) is 26.2 Å². The van der Waals surface area contributed by atoms with Gasteiger partial charge in [-0.3, -0.25) is 0 Å². The first-order valence-corrected chi connectivity index (χ1v) is 6.69. The summed E-state index contributed by atoms with van der Waals surface area (Å²) in [6.07, 6.45) is 0. The molecule has 0 aromatic heterocycles. The number of nitrogens with two attached hydrogens (primary N) is 4. The molecule has 0 saturated carbocycles. The van der Waals surface area contributed by atoms with Crippen LogP contribution < -0.4 is 22.9 Å². The largest absolute Gasteiger partial charge is 0.326 e. The third-order valence-electron chi connectivity index (χ3n) is 2.99. The van der Waals surface area contributed by atoms with Gasteiger partial charge in [-0.15, -0.1) is 0 Å². The number of benzene rings is 2. The van der Waals surface area contributed by atoms with E-state index < -0.39 is 0 Å². The fraction of sp³-hybridized carbons (Fsp3) is 0.250. The Bertz CT molecular complexity index is 383. The highest BCUT2D eigenvalue weighted by atomic mass is 14.5.